The van der Waals surface area contributed by atoms with E-state index in [-0.39, 0.29) is 0 Å². The van der Waals surface area contributed by atoms with Gasteiger partial charge >= 0.3 is 0 Å². The van der Waals surface area contributed by atoms with Crippen LogP contribution in [0.15, 0.2) is 54.7 Å². The number of nitrogens with zero attached hydrogens (tertiary/aromatic N) is 1. The summed E-state index contributed by atoms with van der Waals surface area (Å²) in [6, 6.07) is 16.9. The summed E-state index contributed by atoms with van der Waals surface area (Å²) in [4.78, 5) is 0. The Balaban J connectivity index is 2.05. The maximum Gasteiger partial charge on any atom is 0.0483 e. The van der Waals surface area contributed by atoms with Crippen LogP contribution in [0.5, 0.6) is 0 Å². The molecule has 0 saturated heterocycles. The summed E-state index contributed by atoms with van der Waals surface area (Å²) in [7, 11) is 2.09. The number of fused-ring (bicyclic) bond motifs is 1. The zero-order chi connectivity index (χ0) is 13.2. The largest absolute Gasteiger partial charge is 0.350 e. The minimum atomic E-state index is 1.26. The van der Waals surface area contributed by atoms with Gasteiger partial charge < -0.3 is 4.57 Å². The van der Waals surface area contributed by atoms with Gasteiger partial charge in [-0.1, -0.05) is 48.6 Å². The fraction of sp³-hybridized carbons (Fsp3) is 0.0588. The van der Waals surface area contributed by atoms with Crippen LogP contribution in [0.25, 0.3) is 23.1 Å². The summed E-state index contributed by atoms with van der Waals surface area (Å²) in [6.07, 6.45) is 6.56. The number of rotatable bonds is 2. The van der Waals surface area contributed by atoms with E-state index in [1.165, 1.54) is 25.6 Å². The van der Waals surface area contributed by atoms with Gasteiger partial charge in [-0.25, -0.2) is 0 Å². The predicted octanol–water partition coefficient (Wildman–Crippen LogP) is 4.95. The van der Waals surface area contributed by atoms with Gasteiger partial charge in [0.2, 0.25) is 0 Å². The normalized spacial score (nSPS) is 11.5. The second-order valence-electron chi connectivity index (χ2n) is 4.57. The molecule has 94 valence electrons. The number of hydrogen-bond acceptors (Lipinski definition) is 0. The quantitative estimate of drug-likeness (QED) is 0.571. The van der Waals surface area contributed by atoms with Crippen LogP contribution in [-0.4, -0.2) is 4.57 Å². The first kappa shape index (κ1) is 12.5. The first-order valence-electron chi connectivity index (χ1n) is 6.22. The number of para-hydroxylation sites is 1. The molecule has 2 aromatic carbocycles. The second kappa shape index (κ2) is 5.21. The Labute approximate surface area is 126 Å². The van der Waals surface area contributed by atoms with E-state index in [1.54, 1.807) is 0 Å². The summed E-state index contributed by atoms with van der Waals surface area (Å²) in [6.45, 7) is 0. The van der Waals surface area contributed by atoms with E-state index >= 15 is 0 Å². The van der Waals surface area contributed by atoms with Crippen molar-refractivity contribution in [1.82, 2.24) is 4.57 Å². The molecule has 0 fully saturated rings. The summed E-state index contributed by atoms with van der Waals surface area (Å²) < 4.78 is 3.45. The molecule has 0 saturated carbocycles. The highest BCUT2D eigenvalue weighted by molar-refractivity contribution is 14.1. The summed E-state index contributed by atoms with van der Waals surface area (Å²) in [5.41, 5.74) is 3.79. The average Bonchev–Trinajstić information content (AvgIpc) is 2.75. The average molecular weight is 359 g/mol. The van der Waals surface area contributed by atoms with Crippen LogP contribution >= 0.6 is 22.6 Å². The van der Waals surface area contributed by atoms with Gasteiger partial charge in [-0.2, -0.15) is 0 Å². The third-order valence-electron chi connectivity index (χ3n) is 3.28. The maximum atomic E-state index is 2.37. The first-order valence-corrected chi connectivity index (χ1v) is 7.30. The minimum Gasteiger partial charge on any atom is -0.350 e. The van der Waals surface area contributed by atoms with Crippen LogP contribution < -0.4 is 0 Å². The van der Waals surface area contributed by atoms with Gasteiger partial charge in [-0.05, 0) is 45.9 Å². The van der Waals surface area contributed by atoms with E-state index in [2.05, 4.69) is 101 Å². The van der Waals surface area contributed by atoms with Crippen LogP contribution in [0.3, 0.4) is 0 Å². The lowest BCUT2D eigenvalue weighted by atomic mass is 10.1. The van der Waals surface area contributed by atoms with Crippen molar-refractivity contribution in [1.29, 1.82) is 0 Å². The topological polar surface area (TPSA) is 4.93 Å². The first-order chi connectivity index (χ1) is 9.25. The third kappa shape index (κ3) is 2.45. The van der Waals surface area contributed by atoms with Crippen LogP contribution in [0.4, 0.5) is 0 Å². The molecule has 0 atom stereocenters. The zero-order valence-corrected chi connectivity index (χ0v) is 12.8. The fourth-order valence-corrected chi connectivity index (χ4v) is 2.86. The highest BCUT2D eigenvalue weighted by Gasteiger charge is 2.02. The Morgan fingerprint density at radius 2 is 1.58 bits per heavy atom. The maximum absolute atomic E-state index is 2.37. The molecule has 0 aliphatic heterocycles. The predicted molar refractivity (Wildman–Crippen MR) is 91.0 cm³/mol. The Bertz CT molecular complexity index is 753. The van der Waals surface area contributed by atoms with E-state index in [9.17, 15) is 0 Å². The molecule has 0 aliphatic rings. The summed E-state index contributed by atoms with van der Waals surface area (Å²) in [5, 5.41) is 1.30. The molecule has 0 aliphatic carbocycles. The van der Waals surface area contributed by atoms with Crippen LogP contribution in [0.1, 0.15) is 11.1 Å². The van der Waals surface area contributed by atoms with E-state index in [1.807, 2.05) is 0 Å². The molecule has 0 unspecified atom stereocenters. The van der Waals surface area contributed by atoms with E-state index in [4.69, 9.17) is 0 Å². The number of hydrogen-bond donors (Lipinski definition) is 0. The molecule has 1 aromatic heterocycles. The molecule has 0 bridgehead atoms. The molecule has 0 radical (unpaired) electrons. The van der Waals surface area contributed by atoms with E-state index < -0.39 is 0 Å². The fourth-order valence-electron chi connectivity index (χ4n) is 2.30. The van der Waals surface area contributed by atoms with Crippen LogP contribution in [0.2, 0.25) is 0 Å². The lowest BCUT2D eigenvalue weighted by Gasteiger charge is -1.96. The summed E-state index contributed by atoms with van der Waals surface area (Å²) >= 11 is 2.37. The summed E-state index contributed by atoms with van der Waals surface area (Å²) in [5.74, 6) is 0. The number of aromatic nitrogens is 1. The molecular formula is C17H14IN. The molecular weight excluding hydrogens is 345 g/mol. The minimum absolute atomic E-state index is 1.26. The van der Waals surface area contributed by atoms with Crippen molar-refractivity contribution in [2.45, 2.75) is 0 Å². The molecule has 0 amide bonds. The molecule has 3 aromatic rings. The lowest BCUT2D eigenvalue weighted by Crippen LogP contribution is -1.81. The number of aryl methyl sites for hydroxylation is 1. The highest BCUT2D eigenvalue weighted by Crippen LogP contribution is 2.23. The smallest absolute Gasteiger partial charge is 0.0483 e. The molecule has 1 nitrogen and oxygen atoms in total. The van der Waals surface area contributed by atoms with Crippen molar-refractivity contribution in [2.24, 2.45) is 7.05 Å². The standard InChI is InChI=1S/C17H14IN/c1-19-12-14(15-7-3-5-9-17(15)19)11-10-13-6-2-4-8-16(13)18/h2-12H,1H3/b11-10-. The number of benzene rings is 2. The van der Waals surface area contributed by atoms with Gasteiger partial charge in [-0.15, -0.1) is 0 Å². The second-order valence-corrected chi connectivity index (χ2v) is 5.73. The van der Waals surface area contributed by atoms with Crippen molar-refractivity contribution < 1.29 is 0 Å². The Kier molecular flexibility index (Phi) is 3.42. The van der Waals surface area contributed by atoms with Crippen molar-refractivity contribution >= 4 is 45.6 Å². The van der Waals surface area contributed by atoms with Crippen LogP contribution in [-0.2, 0) is 7.05 Å². The van der Waals surface area contributed by atoms with Crippen molar-refractivity contribution in [3.05, 3.63) is 69.4 Å². The van der Waals surface area contributed by atoms with E-state index in [0.29, 0.717) is 0 Å². The van der Waals surface area contributed by atoms with Crippen LogP contribution in [0, 0.1) is 3.57 Å². The zero-order valence-electron chi connectivity index (χ0n) is 10.7. The highest BCUT2D eigenvalue weighted by atomic mass is 127. The SMILES string of the molecule is Cn1cc(/C=C\c2ccccc2I)c2ccccc21. The van der Waals surface area contributed by atoms with Gasteiger partial charge in [0, 0.05) is 27.7 Å². The van der Waals surface area contributed by atoms with Gasteiger partial charge in [0.25, 0.3) is 0 Å². The van der Waals surface area contributed by atoms with Gasteiger partial charge in [0.05, 0.1) is 0 Å². The van der Waals surface area contributed by atoms with Crippen molar-refractivity contribution in [2.75, 3.05) is 0 Å². The third-order valence-corrected chi connectivity index (χ3v) is 4.26. The molecule has 0 spiro atoms. The molecule has 3 rings (SSSR count). The number of halogens is 1. The van der Waals surface area contributed by atoms with Crippen molar-refractivity contribution in [3.8, 4) is 0 Å². The molecule has 1 heterocycles. The molecule has 0 N–H and O–H groups in total. The van der Waals surface area contributed by atoms with Gasteiger partial charge in [-0.3, -0.25) is 0 Å². The van der Waals surface area contributed by atoms with Gasteiger partial charge in [0.1, 0.15) is 0 Å². The van der Waals surface area contributed by atoms with Gasteiger partial charge in [0.15, 0.2) is 0 Å². The van der Waals surface area contributed by atoms with Crippen molar-refractivity contribution in [3.63, 3.8) is 0 Å². The molecule has 19 heavy (non-hydrogen) atoms. The van der Waals surface area contributed by atoms with E-state index in [0.717, 1.165) is 0 Å². The monoisotopic (exact) mass is 359 g/mol. The molecule has 2 heteroatoms. The lowest BCUT2D eigenvalue weighted by molar-refractivity contribution is 0.968. The Morgan fingerprint density at radius 1 is 0.895 bits per heavy atom. The Morgan fingerprint density at radius 3 is 2.42 bits per heavy atom. The Hall–Kier alpha value is -1.55.